The standard InChI is InChI=1S/C8H9FN2O2/c1-13-7-5(8(12)11-10)3-2-4-6(7)9/h2-4H,10H2,1H3,(H,11,12). The molecule has 0 radical (unpaired) electrons. The van der Waals surface area contributed by atoms with Crippen LogP contribution in [0.2, 0.25) is 0 Å². The highest BCUT2D eigenvalue weighted by Gasteiger charge is 2.13. The van der Waals surface area contributed by atoms with E-state index in [2.05, 4.69) is 0 Å². The van der Waals surface area contributed by atoms with Crippen LogP contribution in [0.5, 0.6) is 5.75 Å². The lowest BCUT2D eigenvalue weighted by molar-refractivity contribution is 0.0949. The Kier molecular flexibility index (Phi) is 2.81. The van der Waals surface area contributed by atoms with Gasteiger partial charge < -0.3 is 4.74 Å². The minimum Gasteiger partial charge on any atom is -0.493 e. The number of halogens is 1. The molecule has 0 aliphatic carbocycles. The number of benzene rings is 1. The van der Waals surface area contributed by atoms with Crippen molar-refractivity contribution in [2.24, 2.45) is 5.84 Å². The average molecular weight is 184 g/mol. The van der Waals surface area contributed by atoms with Gasteiger partial charge in [0.1, 0.15) is 0 Å². The van der Waals surface area contributed by atoms with Crippen LogP contribution in [-0.2, 0) is 0 Å². The predicted molar refractivity (Wildman–Crippen MR) is 44.6 cm³/mol. The van der Waals surface area contributed by atoms with Gasteiger partial charge in [0.05, 0.1) is 12.7 Å². The van der Waals surface area contributed by atoms with Crippen LogP contribution in [0.3, 0.4) is 0 Å². The van der Waals surface area contributed by atoms with E-state index in [1.807, 2.05) is 5.43 Å². The summed E-state index contributed by atoms with van der Waals surface area (Å²) < 4.78 is 17.7. The molecule has 0 atom stereocenters. The number of methoxy groups -OCH3 is 1. The van der Waals surface area contributed by atoms with Gasteiger partial charge in [0.2, 0.25) is 0 Å². The predicted octanol–water partition coefficient (Wildman–Crippen LogP) is 0.438. The van der Waals surface area contributed by atoms with Crippen LogP contribution >= 0.6 is 0 Å². The number of amides is 1. The minimum absolute atomic E-state index is 0.0741. The fraction of sp³-hybridized carbons (Fsp3) is 0.125. The number of nitrogens with one attached hydrogen (secondary N) is 1. The van der Waals surface area contributed by atoms with Crippen molar-refractivity contribution in [1.29, 1.82) is 0 Å². The van der Waals surface area contributed by atoms with E-state index in [0.717, 1.165) is 0 Å². The van der Waals surface area contributed by atoms with Crippen LogP contribution in [0.15, 0.2) is 18.2 Å². The maximum absolute atomic E-state index is 13.0. The fourth-order valence-corrected chi connectivity index (χ4v) is 0.973. The van der Waals surface area contributed by atoms with Crippen LogP contribution in [-0.4, -0.2) is 13.0 Å². The molecule has 0 aromatic heterocycles. The molecule has 4 nitrogen and oxygen atoms in total. The molecule has 0 aliphatic heterocycles. The summed E-state index contributed by atoms with van der Waals surface area (Å²) in [6.45, 7) is 0. The first-order valence-corrected chi connectivity index (χ1v) is 3.54. The van der Waals surface area contributed by atoms with Crippen molar-refractivity contribution in [3.8, 4) is 5.75 Å². The van der Waals surface area contributed by atoms with Crippen molar-refractivity contribution < 1.29 is 13.9 Å². The Morgan fingerprint density at radius 3 is 2.85 bits per heavy atom. The number of hydrazine groups is 1. The van der Waals surface area contributed by atoms with Gasteiger partial charge in [-0.25, -0.2) is 10.2 Å². The number of hydrogen-bond donors (Lipinski definition) is 2. The largest absolute Gasteiger partial charge is 0.493 e. The molecule has 70 valence electrons. The lowest BCUT2D eigenvalue weighted by Crippen LogP contribution is -2.30. The minimum atomic E-state index is -0.594. The van der Waals surface area contributed by atoms with Gasteiger partial charge >= 0.3 is 0 Å². The van der Waals surface area contributed by atoms with Gasteiger partial charge in [0.15, 0.2) is 11.6 Å². The Hall–Kier alpha value is -1.62. The molecular formula is C8H9FN2O2. The van der Waals surface area contributed by atoms with Gasteiger partial charge in [-0.3, -0.25) is 10.2 Å². The normalized spacial score (nSPS) is 9.46. The van der Waals surface area contributed by atoms with Crippen molar-refractivity contribution in [2.75, 3.05) is 7.11 Å². The van der Waals surface area contributed by atoms with E-state index in [0.29, 0.717) is 0 Å². The van der Waals surface area contributed by atoms with E-state index in [1.54, 1.807) is 0 Å². The smallest absolute Gasteiger partial charge is 0.269 e. The molecule has 1 rings (SSSR count). The molecule has 0 spiro atoms. The molecule has 0 fully saturated rings. The van der Waals surface area contributed by atoms with Crippen LogP contribution in [0.1, 0.15) is 10.4 Å². The van der Waals surface area contributed by atoms with Gasteiger partial charge in [-0.15, -0.1) is 0 Å². The number of para-hydroxylation sites is 1. The second kappa shape index (κ2) is 3.86. The Morgan fingerprint density at radius 1 is 1.62 bits per heavy atom. The van der Waals surface area contributed by atoms with E-state index in [1.165, 1.54) is 25.3 Å². The molecule has 0 heterocycles. The van der Waals surface area contributed by atoms with Crippen LogP contribution in [0.4, 0.5) is 4.39 Å². The van der Waals surface area contributed by atoms with Crippen molar-refractivity contribution in [3.05, 3.63) is 29.6 Å². The Bertz CT molecular complexity index is 328. The molecule has 13 heavy (non-hydrogen) atoms. The van der Waals surface area contributed by atoms with E-state index in [4.69, 9.17) is 10.6 Å². The lowest BCUT2D eigenvalue weighted by Gasteiger charge is -2.06. The van der Waals surface area contributed by atoms with Crippen molar-refractivity contribution in [2.45, 2.75) is 0 Å². The number of rotatable bonds is 2. The molecule has 0 saturated carbocycles. The maximum Gasteiger partial charge on any atom is 0.269 e. The third-order valence-electron chi connectivity index (χ3n) is 1.55. The summed E-state index contributed by atoms with van der Waals surface area (Å²) in [5.74, 6) is 3.61. The summed E-state index contributed by atoms with van der Waals surface area (Å²) in [6.07, 6.45) is 0. The Balaban J connectivity index is 3.20. The molecule has 1 aromatic carbocycles. The molecule has 0 bridgehead atoms. The van der Waals surface area contributed by atoms with Crippen molar-refractivity contribution >= 4 is 5.91 Å². The van der Waals surface area contributed by atoms with Crippen molar-refractivity contribution in [1.82, 2.24) is 5.43 Å². The number of nitrogen functional groups attached to an aromatic ring is 1. The summed E-state index contributed by atoms with van der Waals surface area (Å²) in [5, 5.41) is 0. The first kappa shape index (κ1) is 9.47. The summed E-state index contributed by atoms with van der Waals surface area (Å²) in [7, 11) is 1.28. The monoisotopic (exact) mass is 184 g/mol. The number of hydrogen-bond acceptors (Lipinski definition) is 3. The van der Waals surface area contributed by atoms with E-state index in [-0.39, 0.29) is 11.3 Å². The van der Waals surface area contributed by atoms with Gasteiger partial charge in [-0.2, -0.15) is 0 Å². The molecule has 5 heteroatoms. The highest BCUT2D eigenvalue weighted by molar-refractivity contribution is 5.96. The van der Waals surface area contributed by atoms with Gasteiger partial charge in [0, 0.05) is 0 Å². The van der Waals surface area contributed by atoms with E-state index >= 15 is 0 Å². The summed E-state index contributed by atoms with van der Waals surface area (Å²) >= 11 is 0. The van der Waals surface area contributed by atoms with Crippen LogP contribution < -0.4 is 16.0 Å². The quantitative estimate of drug-likeness (QED) is 0.398. The average Bonchev–Trinajstić information content (AvgIpc) is 2.16. The molecular weight excluding hydrogens is 175 g/mol. The zero-order valence-corrected chi connectivity index (χ0v) is 7.00. The first-order chi connectivity index (χ1) is 6.20. The lowest BCUT2D eigenvalue weighted by atomic mass is 10.2. The number of carbonyl (C=O) groups excluding carboxylic acids is 1. The Labute approximate surface area is 74.5 Å². The second-order valence-electron chi connectivity index (χ2n) is 2.29. The third kappa shape index (κ3) is 1.75. The molecule has 0 unspecified atom stereocenters. The van der Waals surface area contributed by atoms with Crippen molar-refractivity contribution in [3.63, 3.8) is 0 Å². The van der Waals surface area contributed by atoms with Gasteiger partial charge in [-0.1, -0.05) is 6.07 Å². The fourth-order valence-electron chi connectivity index (χ4n) is 0.973. The van der Waals surface area contributed by atoms with Gasteiger partial charge in [-0.05, 0) is 12.1 Å². The highest BCUT2D eigenvalue weighted by atomic mass is 19.1. The summed E-state index contributed by atoms with van der Waals surface area (Å²) in [5.41, 5.74) is 1.97. The molecule has 0 aliphatic rings. The first-order valence-electron chi connectivity index (χ1n) is 3.54. The SMILES string of the molecule is COc1c(F)cccc1C(=O)NN. The zero-order chi connectivity index (χ0) is 9.84. The molecule has 1 aromatic rings. The van der Waals surface area contributed by atoms with E-state index in [9.17, 15) is 9.18 Å². The summed E-state index contributed by atoms with van der Waals surface area (Å²) in [6, 6.07) is 4.03. The van der Waals surface area contributed by atoms with E-state index < -0.39 is 11.7 Å². The topological polar surface area (TPSA) is 64.3 Å². The number of nitrogens with two attached hydrogens (primary N) is 1. The highest BCUT2D eigenvalue weighted by Crippen LogP contribution is 2.21. The van der Waals surface area contributed by atoms with Crippen LogP contribution in [0.25, 0.3) is 0 Å². The third-order valence-corrected chi connectivity index (χ3v) is 1.55. The second-order valence-corrected chi connectivity index (χ2v) is 2.29. The maximum atomic E-state index is 13.0. The number of ether oxygens (including phenoxy) is 1. The summed E-state index contributed by atoms with van der Waals surface area (Å²) in [4.78, 5) is 11.1. The van der Waals surface area contributed by atoms with Gasteiger partial charge in [0.25, 0.3) is 5.91 Å². The molecule has 1 amide bonds. The molecule has 0 saturated heterocycles. The van der Waals surface area contributed by atoms with Crippen LogP contribution in [0, 0.1) is 5.82 Å². The molecule has 3 N–H and O–H groups in total. The Morgan fingerprint density at radius 2 is 2.31 bits per heavy atom. The zero-order valence-electron chi connectivity index (χ0n) is 7.00. The number of carbonyl (C=O) groups is 1.